The number of nitrogens with zero attached hydrogens (tertiary/aromatic N) is 1. The lowest BCUT2D eigenvalue weighted by atomic mass is 9.39. The zero-order chi connectivity index (χ0) is 35.6. The van der Waals surface area contributed by atoms with E-state index in [1.54, 1.807) is 13.8 Å². The highest BCUT2D eigenvalue weighted by Gasteiger charge is 2.87. The summed E-state index contributed by atoms with van der Waals surface area (Å²) in [6.07, 6.45) is 8.06. The van der Waals surface area contributed by atoms with Crippen LogP contribution in [0.3, 0.4) is 0 Å². The van der Waals surface area contributed by atoms with Gasteiger partial charge in [0.2, 0.25) is 0 Å². The molecule has 9 nitrogen and oxygen atoms in total. The summed E-state index contributed by atoms with van der Waals surface area (Å²) < 4.78 is 25.5. The van der Waals surface area contributed by atoms with Crippen LogP contribution in [0.1, 0.15) is 127 Å². The van der Waals surface area contributed by atoms with Crippen molar-refractivity contribution in [2.24, 2.45) is 44.3 Å². The molecule has 14 atom stereocenters. The Bertz CT molecular complexity index is 1340. The Labute approximate surface area is 295 Å². The van der Waals surface area contributed by atoms with Crippen molar-refractivity contribution >= 4 is 12.4 Å². The Balaban J connectivity index is 1.19. The van der Waals surface area contributed by atoms with Crippen LogP contribution in [0.2, 0.25) is 0 Å². The van der Waals surface area contributed by atoms with E-state index >= 15 is 0 Å². The predicted molar refractivity (Wildman–Crippen MR) is 186 cm³/mol. The first kappa shape index (κ1) is 36.1. The van der Waals surface area contributed by atoms with Crippen molar-refractivity contribution in [2.45, 2.75) is 169 Å². The average molecular weight is 687 g/mol. The number of esters is 1. The van der Waals surface area contributed by atoms with E-state index in [-0.39, 0.29) is 44.8 Å². The first-order valence-electron chi connectivity index (χ1n) is 19.6. The maximum Gasteiger partial charge on any atom is 0.303 e. The monoisotopic (exact) mass is 686 g/mol. The quantitative estimate of drug-likeness (QED) is 0.240. The molecule has 7 rings (SSSR count). The number of carbonyl (C=O) groups excluding carboxylic acids is 2. The summed E-state index contributed by atoms with van der Waals surface area (Å²) in [5.74, 6) is 0.190. The number of carbonyl (C=O) groups is 2. The summed E-state index contributed by atoms with van der Waals surface area (Å²) in [7, 11) is 0. The van der Waals surface area contributed by atoms with Crippen molar-refractivity contribution in [2.75, 3.05) is 26.2 Å². The van der Waals surface area contributed by atoms with Crippen LogP contribution in [-0.4, -0.2) is 90.5 Å². The van der Waals surface area contributed by atoms with E-state index in [2.05, 4.69) is 58.7 Å². The molecule has 2 N–H and O–H groups in total. The Morgan fingerprint density at radius 2 is 1.84 bits per heavy atom. The van der Waals surface area contributed by atoms with Crippen LogP contribution in [0.15, 0.2) is 0 Å². The van der Waals surface area contributed by atoms with Gasteiger partial charge >= 0.3 is 5.97 Å². The first-order chi connectivity index (χ1) is 22.8. The van der Waals surface area contributed by atoms with Gasteiger partial charge in [0, 0.05) is 36.9 Å². The number of rotatable bonds is 8. The number of hydrogen-bond acceptors (Lipinski definition) is 9. The standard InChI is InChI=1S/C40H66N2O7/c1-11-42-18-19-47-36(8,23-42)41-27-12-15-40-22-39(40)17-16-35(7)37(9)25(2)20-28(30(33(4,5)45)48-26(3)44)49-32(37)31(46-24-43)38(35,10)29(39)13-14-34(40,6)21-27/h24-25,27-32,41,45H,11-23H2,1-10H3. The molecule has 2 spiro atoms. The molecule has 0 aromatic rings. The van der Waals surface area contributed by atoms with Crippen LogP contribution >= 0.6 is 0 Å². The minimum Gasteiger partial charge on any atom is -0.461 e. The number of hydrogen-bond donors (Lipinski definition) is 2. The molecule has 7 aliphatic rings. The summed E-state index contributed by atoms with van der Waals surface area (Å²) >= 11 is 0. The van der Waals surface area contributed by atoms with E-state index in [9.17, 15) is 14.7 Å². The van der Waals surface area contributed by atoms with Crippen molar-refractivity contribution in [1.82, 2.24) is 10.2 Å². The van der Waals surface area contributed by atoms with E-state index in [0.29, 0.717) is 30.3 Å². The van der Waals surface area contributed by atoms with Gasteiger partial charge in [-0.15, -0.1) is 0 Å². The maximum absolute atomic E-state index is 12.4. The number of morpholine rings is 1. The van der Waals surface area contributed by atoms with Crippen molar-refractivity contribution in [1.29, 1.82) is 0 Å². The minimum absolute atomic E-state index is 0.126. The van der Waals surface area contributed by atoms with Crippen molar-refractivity contribution in [3.8, 4) is 0 Å². The third-order valence-electron chi connectivity index (χ3n) is 17.3. The Morgan fingerprint density at radius 1 is 1.10 bits per heavy atom. The van der Waals surface area contributed by atoms with Crippen LogP contribution in [0.4, 0.5) is 0 Å². The zero-order valence-corrected chi connectivity index (χ0v) is 32.2. The molecular formula is C40H66N2O7. The van der Waals surface area contributed by atoms with E-state index in [0.717, 1.165) is 39.1 Å². The molecule has 49 heavy (non-hydrogen) atoms. The fraction of sp³-hybridized carbons (Fsp3) is 0.950. The molecular weight excluding hydrogens is 620 g/mol. The average Bonchev–Trinajstić information content (AvgIpc) is 3.66. The van der Waals surface area contributed by atoms with Gasteiger partial charge in [0.05, 0.1) is 18.3 Å². The number of aliphatic hydroxyl groups is 1. The van der Waals surface area contributed by atoms with Gasteiger partial charge in [0.25, 0.3) is 6.47 Å². The van der Waals surface area contributed by atoms with Gasteiger partial charge in [0.15, 0.2) is 6.10 Å². The SMILES string of the molecule is CCN1CCOC(C)(NC2CCC34CC35CCC3(C)C6(C)C(C)CC(C(OC(C)=O)C(C)(C)O)OC6C(OC=O)C3(C)C5CCC4(C)C2)C1. The fourth-order valence-corrected chi connectivity index (χ4v) is 14.6. The largest absolute Gasteiger partial charge is 0.461 e. The summed E-state index contributed by atoms with van der Waals surface area (Å²) in [6.45, 7) is 25.9. The Kier molecular flexibility index (Phi) is 8.38. The van der Waals surface area contributed by atoms with Gasteiger partial charge in [-0.1, -0.05) is 41.5 Å². The summed E-state index contributed by atoms with van der Waals surface area (Å²) in [5.41, 5.74) is -1.45. The van der Waals surface area contributed by atoms with E-state index in [4.69, 9.17) is 18.9 Å². The van der Waals surface area contributed by atoms with Crippen molar-refractivity contribution in [3.05, 3.63) is 0 Å². The molecule has 0 aromatic carbocycles. The van der Waals surface area contributed by atoms with Gasteiger partial charge < -0.3 is 24.1 Å². The number of likely N-dealkylation sites (N-methyl/N-ethyl adjacent to an activating group) is 1. The smallest absolute Gasteiger partial charge is 0.303 e. The molecule has 7 fully saturated rings. The molecule has 14 unspecified atom stereocenters. The predicted octanol–water partition coefficient (Wildman–Crippen LogP) is 5.85. The lowest BCUT2D eigenvalue weighted by molar-refractivity contribution is -0.239. The summed E-state index contributed by atoms with van der Waals surface area (Å²) in [5, 5.41) is 15.2. The third-order valence-corrected chi connectivity index (χ3v) is 17.3. The van der Waals surface area contributed by atoms with Gasteiger partial charge in [-0.25, -0.2) is 0 Å². The fourth-order valence-electron chi connectivity index (χ4n) is 14.6. The van der Waals surface area contributed by atoms with E-state index in [1.165, 1.54) is 45.4 Å². The molecule has 0 radical (unpaired) electrons. The van der Waals surface area contributed by atoms with Crippen molar-refractivity contribution in [3.63, 3.8) is 0 Å². The Morgan fingerprint density at radius 3 is 2.49 bits per heavy atom. The highest BCUT2D eigenvalue weighted by molar-refractivity contribution is 5.66. The summed E-state index contributed by atoms with van der Waals surface area (Å²) in [4.78, 5) is 27.2. The second-order valence-corrected chi connectivity index (χ2v) is 19.6. The molecule has 2 aliphatic heterocycles. The van der Waals surface area contributed by atoms with Crippen molar-refractivity contribution < 1.29 is 33.6 Å². The molecule has 0 bridgehead atoms. The van der Waals surface area contributed by atoms with Crippen LogP contribution in [-0.2, 0) is 28.5 Å². The number of nitrogens with one attached hydrogen (secondary N) is 1. The zero-order valence-electron chi connectivity index (χ0n) is 32.2. The molecule has 9 heteroatoms. The topological polar surface area (TPSA) is 107 Å². The maximum atomic E-state index is 12.4. The highest BCUT2D eigenvalue weighted by atomic mass is 16.6. The normalized spacial score (nSPS) is 52.8. The van der Waals surface area contributed by atoms with Gasteiger partial charge in [-0.2, -0.15) is 0 Å². The molecule has 2 saturated heterocycles. The van der Waals surface area contributed by atoms with Crippen LogP contribution in [0, 0.1) is 44.3 Å². The molecule has 0 amide bonds. The molecule has 2 heterocycles. The third kappa shape index (κ3) is 4.72. The van der Waals surface area contributed by atoms with E-state index < -0.39 is 29.9 Å². The highest BCUT2D eigenvalue weighted by Crippen LogP contribution is 2.91. The lowest BCUT2D eigenvalue weighted by Gasteiger charge is -2.65. The van der Waals surface area contributed by atoms with Gasteiger partial charge in [0.1, 0.15) is 17.9 Å². The Hall–Kier alpha value is -1.26. The van der Waals surface area contributed by atoms with Crippen LogP contribution < -0.4 is 5.32 Å². The molecule has 5 aliphatic carbocycles. The second-order valence-electron chi connectivity index (χ2n) is 19.6. The minimum atomic E-state index is -1.29. The molecule has 5 saturated carbocycles. The number of ether oxygens (including phenoxy) is 4. The summed E-state index contributed by atoms with van der Waals surface area (Å²) in [6, 6.07) is 0.447. The second kappa shape index (κ2) is 11.4. The lowest BCUT2D eigenvalue weighted by Crippen LogP contribution is -2.64. The van der Waals surface area contributed by atoms with E-state index in [1.807, 2.05) is 0 Å². The van der Waals surface area contributed by atoms with Crippen LogP contribution in [0.5, 0.6) is 0 Å². The van der Waals surface area contributed by atoms with Gasteiger partial charge in [-0.3, -0.25) is 19.8 Å². The van der Waals surface area contributed by atoms with Crippen LogP contribution in [0.25, 0.3) is 0 Å². The number of fused-ring (bicyclic) bond motifs is 4. The molecule has 0 aromatic heterocycles. The first-order valence-corrected chi connectivity index (χ1v) is 19.6. The molecule has 278 valence electrons. The van der Waals surface area contributed by atoms with Gasteiger partial charge in [-0.05, 0) is 119 Å².